The lowest BCUT2D eigenvalue weighted by Gasteiger charge is -2.15. The number of aliphatic hydroxyl groups is 1. The van der Waals surface area contributed by atoms with Gasteiger partial charge in [0.2, 0.25) is 0 Å². The molecule has 2 rings (SSSR count). The Balaban J connectivity index is 2.18. The van der Waals surface area contributed by atoms with Gasteiger partial charge in [-0.15, -0.1) is 0 Å². The highest BCUT2D eigenvalue weighted by molar-refractivity contribution is 6.41. The van der Waals surface area contributed by atoms with Crippen molar-refractivity contribution >= 4 is 29.1 Å². The van der Waals surface area contributed by atoms with E-state index in [4.69, 9.17) is 23.2 Å². The molecule has 1 saturated heterocycles. The van der Waals surface area contributed by atoms with Gasteiger partial charge in [-0.05, 0) is 12.5 Å². The first-order valence-corrected chi connectivity index (χ1v) is 5.62. The van der Waals surface area contributed by atoms with Crippen LogP contribution in [-0.2, 0) is 0 Å². The van der Waals surface area contributed by atoms with E-state index in [1.54, 1.807) is 4.90 Å². The maximum absolute atomic E-state index is 11.9. The quantitative estimate of drug-likeness (QED) is 0.781. The van der Waals surface area contributed by atoms with Gasteiger partial charge in [-0.25, -0.2) is 4.98 Å². The summed E-state index contributed by atoms with van der Waals surface area (Å²) in [5, 5.41) is 9.77. The number of hydrogen-bond donors (Lipinski definition) is 1. The van der Waals surface area contributed by atoms with Crippen molar-refractivity contribution in [3.63, 3.8) is 0 Å². The fraction of sp³-hybridized carbons (Fsp3) is 0.400. The van der Waals surface area contributed by atoms with Gasteiger partial charge in [0, 0.05) is 19.3 Å². The fourth-order valence-corrected chi connectivity index (χ4v) is 1.92. The molecule has 6 heteroatoms. The first kappa shape index (κ1) is 11.6. The second-order valence-electron chi connectivity index (χ2n) is 3.69. The molecule has 1 atom stereocenters. The summed E-state index contributed by atoms with van der Waals surface area (Å²) in [5.74, 6) is -0.178. The third-order valence-corrected chi connectivity index (χ3v) is 3.18. The number of carbonyl (C=O) groups excluding carboxylic acids is 1. The van der Waals surface area contributed by atoms with E-state index in [0.29, 0.717) is 25.1 Å². The van der Waals surface area contributed by atoms with Crippen LogP contribution in [0.4, 0.5) is 0 Å². The average Bonchev–Trinajstić information content (AvgIpc) is 2.68. The van der Waals surface area contributed by atoms with Crippen LogP contribution >= 0.6 is 23.2 Å². The second kappa shape index (κ2) is 4.57. The zero-order valence-electron chi connectivity index (χ0n) is 8.36. The minimum Gasteiger partial charge on any atom is -0.391 e. The molecule has 0 aliphatic carbocycles. The van der Waals surface area contributed by atoms with Crippen molar-refractivity contribution < 1.29 is 9.90 Å². The maximum Gasteiger partial charge on any atom is 0.255 e. The van der Waals surface area contributed by atoms with E-state index in [-0.39, 0.29) is 16.1 Å². The molecule has 16 heavy (non-hydrogen) atoms. The van der Waals surface area contributed by atoms with Gasteiger partial charge in [-0.2, -0.15) is 0 Å². The summed E-state index contributed by atoms with van der Waals surface area (Å²) in [6.45, 7) is 0.916. The van der Waals surface area contributed by atoms with Gasteiger partial charge in [0.05, 0.1) is 16.7 Å². The Morgan fingerprint density at radius 1 is 1.56 bits per heavy atom. The van der Waals surface area contributed by atoms with Crippen LogP contribution in [0.2, 0.25) is 10.2 Å². The number of likely N-dealkylation sites (tertiary alicyclic amines) is 1. The predicted octanol–water partition coefficient (Wildman–Crippen LogP) is 1.60. The molecule has 1 aliphatic rings. The molecule has 0 unspecified atom stereocenters. The molecule has 0 aromatic carbocycles. The molecule has 1 N–H and O–H groups in total. The monoisotopic (exact) mass is 260 g/mol. The Hall–Kier alpha value is -0.840. The van der Waals surface area contributed by atoms with Gasteiger partial charge in [0.15, 0.2) is 0 Å². The summed E-state index contributed by atoms with van der Waals surface area (Å²) < 4.78 is 0. The molecule has 86 valence electrons. The van der Waals surface area contributed by atoms with Crippen LogP contribution < -0.4 is 0 Å². The van der Waals surface area contributed by atoms with Crippen LogP contribution in [0.3, 0.4) is 0 Å². The van der Waals surface area contributed by atoms with E-state index in [2.05, 4.69) is 4.98 Å². The molecule has 2 heterocycles. The SMILES string of the molecule is O=C(c1cnc(Cl)c(Cl)c1)N1CC[C@@H](O)C1. The third kappa shape index (κ3) is 2.29. The molecule has 4 nitrogen and oxygen atoms in total. The molecule has 0 spiro atoms. The molecule has 0 radical (unpaired) electrons. The van der Waals surface area contributed by atoms with E-state index in [1.807, 2.05) is 0 Å². The summed E-state index contributed by atoms with van der Waals surface area (Å²) in [6, 6.07) is 1.49. The lowest BCUT2D eigenvalue weighted by Crippen LogP contribution is -2.29. The van der Waals surface area contributed by atoms with Crippen molar-refractivity contribution in [1.82, 2.24) is 9.88 Å². The number of hydrogen-bond acceptors (Lipinski definition) is 3. The van der Waals surface area contributed by atoms with Gasteiger partial charge < -0.3 is 10.0 Å². The molecule has 1 aromatic rings. The lowest BCUT2D eigenvalue weighted by molar-refractivity contribution is 0.0764. The topological polar surface area (TPSA) is 53.4 Å². The molecule has 0 saturated carbocycles. The number of nitrogens with zero attached hydrogens (tertiary/aromatic N) is 2. The highest BCUT2D eigenvalue weighted by Gasteiger charge is 2.25. The van der Waals surface area contributed by atoms with E-state index < -0.39 is 6.10 Å². The lowest BCUT2D eigenvalue weighted by atomic mass is 10.2. The molecule has 0 bridgehead atoms. The van der Waals surface area contributed by atoms with Gasteiger partial charge in [0.25, 0.3) is 5.91 Å². The molecular formula is C10H10Cl2N2O2. The molecule has 1 aromatic heterocycles. The number of aliphatic hydroxyl groups excluding tert-OH is 1. The second-order valence-corrected chi connectivity index (χ2v) is 4.46. The van der Waals surface area contributed by atoms with E-state index >= 15 is 0 Å². The summed E-state index contributed by atoms with van der Waals surface area (Å²) in [6.07, 6.45) is 1.57. The predicted molar refractivity (Wildman–Crippen MR) is 60.8 cm³/mol. The van der Waals surface area contributed by atoms with E-state index in [9.17, 15) is 9.90 Å². The minimum atomic E-state index is -0.431. The number of amides is 1. The zero-order valence-corrected chi connectivity index (χ0v) is 9.87. The third-order valence-electron chi connectivity index (χ3n) is 2.49. The van der Waals surface area contributed by atoms with Crippen LogP contribution in [-0.4, -0.2) is 40.1 Å². The number of pyridine rings is 1. The van der Waals surface area contributed by atoms with Crippen molar-refractivity contribution in [3.8, 4) is 0 Å². The molecule has 1 fully saturated rings. The first-order valence-electron chi connectivity index (χ1n) is 4.86. The minimum absolute atomic E-state index is 0.178. The van der Waals surface area contributed by atoms with Crippen molar-refractivity contribution in [2.45, 2.75) is 12.5 Å². The Labute approximate surface area is 103 Å². The van der Waals surface area contributed by atoms with E-state index in [1.165, 1.54) is 12.3 Å². The van der Waals surface area contributed by atoms with Crippen LogP contribution in [0, 0.1) is 0 Å². The number of halogens is 2. The summed E-state index contributed by atoms with van der Waals surface area (Å²) >= 11 is 11.4. The Kier molecular flexibility index (Phi) is 3.33. The Bertz CT molecular complexity index is 425. The van der Waals surface area contributed by atoms with Crippen molar-refractivity contribution in [2.24, 2.45) is 0 Å². The summed E-state index contributed by atoms with van der Waals surface area (Å²) in [5.41, 5.74) is 0.392. The van der Waals surface area contributed by atoms with Crippen LogP contribution in [0.5, 0.6) is 0 Å². The Morgan fingerprint density at radius 2 is 2.31 bits per heavy atom. The Morgan fingerprint density at radius 3 is 2.88 bits per heavy atom. The summed E-state index contributed by atoms with van der Waals surface area (Å²) in [4.78, 5) is 17.3. The van der Waals surface area contributed by atoms with Crippen molar-refractivity contribution in [2.75, 3.05) is 13.1 Å². The number of carbonyl (C=O) groups is 1. The number of β-amino-alcohol motifs (C(OH)–C–C–N with tert-alkyl or cyclic N) is 1. The number of aromatic nitrogens is 1. The highest BCUT2D eigenvalue weighted by atomic mass is 35.5. The van der Waals surface area contributed by atoms with Crippen LogP contribution in [0.15, 0.2) is 12.3 Å². The maximum atomic E-state index is 11.9. The van der Waals surface area contributed by atoms with Crippen LogP contribution in [0.25, 0.3) is 0 Å². The van der Waals surface area contributed by atoms with E-state index in [0.717, 1.165) is 0 Å². The van der Waals surface area contributed by atoms with Gasteiger partial charge >= 0.3 is 0 Å². The van der Waals surface area contributed by atoms with Gasteiger partial charge in [-0.1, -0.05) is 23.2 Å². The van der Waals surface area contributed by atoms with Crippen molar-refractivity contribution in [3.05, 3.63) is 28.0 Å². The van der Waals surface area contributed by atoms with Gasteiger partial charge in [-0.3, -0.25) is 4.79 Å². The first-order chi connectivity index (χ1) is 7.58. The largest absolute Gasteiger partial charge is 0.391 e. The van der Waals surface area contributed by atoms with Crippen molar-refractivity contribution in [1.29, 1.82) is 0 Å². The number of rotatable bonds is 1. The van der Waals surface area contributed by atoms with Crippen LogP contribution in [0.1, 0.15) is 16.8 Å². The molecule has 1 aliphatic heterocycles. The normalized spacial score (nSPS) is 20.2. The smallest absolute Gasteiger partial charge is 0.255 e. The highest BCUT2D eigenvalue weighted by Crippen LogP contribution is 2.21. The summed E-state index contributed by atoms with van der Waals surface area (Å²) in [7, 11) is 0. The standard InChI is InChI=1S/C10H10Cl2N2O2/c11-8-3-6(4-13-9(8)12)10(16)14-2-1-7(15)5-14/h3-4,7,15H,1-2,5H2/t7-/m1/s1. The molecular weight excluding hydrogens is 251 g/mol. The molecule has 1 amide bonds. The average molecular weight is 261 g/mol. The zero-order chi connectivity index (χ0) is 11.7. The fourth-order valence-electron chi connectivity index (χ4n) is 1.65. The van der Waals surface area contributed by atoms with Gasteiger partial charge in [0.1, 0.15) is 5.15 Å².